The average molecular weight is 414 g/mol. The fourth-order valence-electron chi connectivity index (χ4n) is 3.69. The van der Waals surface area contributed by atoms with E-state index in [4.69, 9.17) is 14.2 Å². The number of benzene rings is 2. The van der Waals surface area contributed by atoms with Gasteiger partial charge in [-0.25, -0.2) is 0 Å². The summed E-state index contributed by atoms with van der Waals surface area (Å²) >= 11 is 0. The van der Waals surface area contributed by atoms with Crippen LogP contribution in [0, 0.1) is 6.92 Å². The number of piperazine rings is 1. The minimum Gasteiger partial charge on any atom is -0.493 e. The van der Waals surface area contributed by atoms with Gasteiger partial charge in [-0.05, 0) is 42.3 Å². The highest BCUT2D eigenvalue weighted by Crippen LogP contribution is 2.38. The first-order chi connectivity index (χ1) is 14.5. The first kappa shape index (κ1) is 21.8. The Labute approximate surface area is 178 Å². The van der Waals surface area contributed by atoms with Gasteiger partial charge in [-0.1, -0.05) is 12.1 Å². The fourth-order valence-corrected chi connectivity index (χ4v) is 3.69. The predicted molar refractivity (Wildman–Crippen MR) is 118 cm³/mol. The third kappa shape index (κ3) is 5.36. The second kappa shape index (κ2) is 10.2. The number of methoxy groups -OCH3 is 3. The lowest BCUT2D eigenvalue weighted by Crippen LogP contribution is -2.49. The molecule has 30 heavy (non-hydrogen) atoms. The van der Waals surface area contributed by atoms with Gasteiger partial charge in [0.15, 0.2) is 11.5 Å². The molecule has 1 aliphatic rings. The number of aryl methyl sites for hydroxylation is 1. The highest BCUT2D eigenvalue weighted by molar-refractivity contribution is 5.78. The molecule has 1 N–H and O–H groups in total. The van der Waals surface area contributed by atoms with Gasteiger partial charge in [0.2, 0.25) is 11.7 Å². The van der Waals surface area contributed by atoms with Gasteiger partial charge in [0.05, 0.1) is 27.9 Å². The molecule has 1 amide bonds. The maximum Gasteiger partial charge on any atom is 0.234 e. The zero-order valence-corrected chi connectivity index (χ0v) is 18.2. The largest absolute Gasteiger partial charge is 0.493 e. The number of anilines is 1. The van der Waals surface area contributed by atoms with Gasteiger partial charge in [0.25, 0.3) is 0 Å². The van der Waals surface area contributed by atoms with Crippen molar-refractivity contribution in [1.29, 1.82) is 0 Å². The van der Waals surface area contributed by atoms with Crippen LogP contribution in [-0.4, -0.2) is 64.9 Å². The molecule has 162 valence electrons. The molecule has 0 aliphatic carbocycles. The van der Waals surface area contributed by atoms with E-state index in [9.17, 15) is 4.79 Å². The number of nitrogens with zero attached hydrogens (tertiary/aromatic N) is 2. The van der Waals surface area contributed by atoms with E-state index in [-0.39, 0.29) is 5.91 Å². The summed E-state index contributed by atoms with van der Waals surface area (Å²) in [6.07, 6.45) is 0. The Balaban J connectivity index is 1.50. The van der Waals surface area contributed by atoms with Crippen LogP contribution in [0.5, 0.6) is 17.2 Å². The van der Waals surface area contributed by atoms with Gasteiger partial charge in [-0.3, -0.25) is 9.69 Å². The van der Waals surface area contributed by atoms with Crippen molar-refractivity contribution < 1.29 is 19.0 Å². The molecule has 1 fully saturated rings. The average Bonchev–Trinajstić information content (AvgIpc) is 2.77. The number of nitrogens with one attached hydrogen (secondary N) is 1. The molecule has 7 nitrogen and oxygen atoms in total. The molecular formula is C23H31N3O4. The van der Waals surface area contributed by atoms with Crippen LogP contribution in [0.2, 0.25) is 0 Å². The summed E-state index contributed by atoms with van der Waals surface area (Å²) < 4.78 is 16.1. The maximum atomic E-state index is 12.5. The van der Waals surface area contributed by atoms with Crippen molar-refractivity contribution >= 4 is 11.6 Å². The van der Waals surface area contributed by atoms with Crippen LogP contribution >= 0.6 is 0 Å². The van der Waals surface area contributed by atoms with Crippen molar-refractivity contribution in [1.82, 2.24) is 10.2 Å². The Morgan fingerprint density at radius 3 is 2.20 bits per heavy atom. The zero-order chi connectivity index (χ0) is 21.5. The van der Waals surface area contributed by atoms with Crippen LogP contribution in [0.1, 0.15) is 11.1 Å². The van der Waals surface area contributed by atoms with Gasteiger partial charge >= 0.3 is 0 Å². The normalized spacial score (nSPS) is 14.3. The smallest absolute Gasteiger partial charge is 0.234 e. The molecule has 0 bridgehead atoms. The van der Waals surface area contributed by atoms with Crippen LogP contribution in [-0.2, 0) is 11.3 Å². The van der Waals surface area contributed by atoms with Crippen LogP contribution in [0.15, 0.2) is 36.4 Å². The second-order valence-corrected chi connectivity index (χ2v) is 7.41. The lowest BCUT2D eigenvalue weighted by atomic mass is 10.1. The highest BCUT2D eigenvalue weighted by atomic mass is 16.5. The molecular weight excluding hydrogens is 382 g/mol. The number of rotatable bonds is 8. The van der Waals surface area contributed by atoms with Gasteiger partial charge in [0.1, 0.15) is 0 Å². The molecule has 1 heterocycles. The summed E-state index contributed by atoms with van der Waals surface area (Å²) in [5, 5.41) is 2.99. The topological polar surface area (TPSA) is 63.3 Å². The summed E-state index contributed by atoms with van der Waals surface area (Å²) in [7, 11) is 4.73. The van der Waals surface area contributed by atoms with Crippen LogP contribution in [0.25, 0.3) is 0 Å². The number of hydrogen-bond donors (Lipinski definition) is 1. The molecule has 0 radical (unpaired) electrons. The molecule has 3 rings (SSSR count). The first-order valence-electron chi connectivity index (χ1n) is 10.1. The van der Waals surface area contributed by atoms with E-state index in [0.717, 1.165) is 31.7 Å². The van der Waals surface area contributed by atoms with Crippen molar-refractivity contribution in [2.45, 2.75) is 13.5 Å². The van der Waals surface area contributed by atoms with E-state index >= 15 is 0 Å². The van der Waals surface area contributed by atoms with Crippen molar-refractivity contribution in [2.75, 3.05) is 59.0 Å². The second-order valence-electron chi connectivity index (χ2n) is 7.41. The highest BCUT2D eigenvalue weighted by Gasteiger charge is 2.19. The van der Waals surface area contributed by atoms with Crippen LogP contribution < -0.4 is 24.4 Å². The molecule has 1 saturated heterocycles. The zero-order valence-electron chi connectivity index (χ0n) is 18.2. The molecule has 0 unspecified atom stereocenters. The molecule has 0 spiro atoms. The minimum absolute atomic E-state index is 0.00718. The third-order valence-corrected chi connectivity index (χ3v) is 5.32. The third-order valence-electron chi connectivity index (χ3n) is 5.32. The summed E-state index contributed by atoms with van der Waals surface area (Å²) in [4.78, 5) is 17.0. The lowest BCUT2D eigenvalue weighted by molar-refractivity contribution is -0.122. The first-order valence-corrected chi connectivity index (χ1v) is 10.1. The Morgan fingerprint density at radius 2 is 1.63 bits per heavy atom. The van der Waals surface area contributed by atoms with Gasteiger partial charge < -0.3 is 24.4 Å². The van der Waals surface area contributed by atoms with Crippen molar-refractivity contribution in [3.8, 4) is 17.2 Å². The molecule has 2 aromatic carbocycles. The van der Waals surface area contributed by atoms with Crippen molar-refractivity contribution in [2.24, 2.45) is 0 Å². The molecule has 0 saturated carbocycles. The van der Waals surface area contributed by atoms with Crippen LogP contribution in [0.3, 0.4) is 0 Å². The number of ether oxygens (including phenoxy) is 3. The van der Waals surface area contributed by atoms with E-state index < -0.39 is 0 Å². The molecule has 1 aliphatic heterocycles. The van der Waals surface area contributed by atoms with Gasteiger partial charge in [-0.15, -0.1) is 0 Å². The SMILES string of the molecule is COc1cc(CNC(=O)CN2CCN(c3cccc(C)c3)CC2)cc(OC)c1OC. The summed E-state index contributed by atoms with van der Waals surface area (Å²) in [5.41, 5.74) is 3.41. The van der Waals surface area contributed by atoms with E-state index in [1.807, 2.05) is 12.1 Å². The summed E-state index contributed by atoms with van der Waals surface area (Å²) in [6, 6.07) is 12.3. The summed E-state index contributed by atoms with van der Waals surface area (Å²) in [5.74, 6) is 1.70. The fraction of sp³-hybridized carbons (Fsp3) is 0.435. The summed E-state index contributed by atoms with van der Waals surface area (Å²) in [6.45, 7) is 6.48. The number of carbonyl (C=O) groups excluding carboxylic acids is 1. The minimum atomic E-state index is 0.00718. The van der Waals surface area contributed by atoms with Crippen molar-refractivity contribution in [3.63, 3.8) is 0 Å². The predicted octanol–water partition coefficient (Wildman–Crippen LogP) is 2.46. The maximum absolute atomic E-state index is 12.5. The van der Waals surface area contributed by atoms with Gasteiger partial charge in [-0.2, -0.15) is 0 Å². The van der Waals surface area contributed by atoms with Crippen molar-refractivity contribution in [3.05, 3.63) is 47.5 Å². The monoisotopic (exact) mass is 413 g/mol. The Hall–Kier alpha value is -2.93. The Kier molecular flexibility index (Phi) is 7.41. The van der Waals surface area contributed by atoms with Crippen LogP contribution in [0.4, 0.5) is 5.69 Å². The van der Waals surface area contributed by atoms with E-state index in [0.29, 0.717) is 30.3 Å². The number of carbonyl (C=O) groups is 1. The number of hydrogen-bond acceptors (Lipinski definition) is 6. The number of amides is 1. The Morgan fingerprint density at radius 1 is 0.967 bits per heavy atom. The molecule has 0 aromatic heterocycles. The molecule has 7 heteroatoms. The van der Waals surface area contributed by atoms with Gasteiger partial charge in [0, 0.05) is 38.4 Å². The van der Waals surface area contributed by atoms with E-state index in [2.05, 4.69) is 46.3 Å². The van der Waals surface area contributed by atoms with E-state index in [1.54, 1.807) is 21.3 Å². The molecule has 0 atom stereocenters. The quantitative estimate of drug-likeness (QED) is 0.717. The lowest BCUT2D eigenvalue weighted by Gasteiger charge is -2.35. The molecule has 2 aromatic rings. The Bertz CT molecular complexity index is 838. The van der Waals surface area contributed by atoms with E-state index in [1.165, 1.54) is 11.3 Å². The standard InChI is InChI=1S/C23H31N3O4/c1-17-6-5-7-19(12-17)26-10-8-25(9-11-26)16-22(27)24-15-18-13-20(28-2)23(30-4)21(14-18)29-3/h5-7,12-14H,8-11,15-16H2,1-4H3,(H,24,27).